The van der Waals surface area contributed by atoms with Gasteiger partial charge in [-0.3, -0.25) is 4.72 Å². The topological polar surface area (TPSA) is 77.4 Å². The lowest BCUT2D eigenvalue weighted by atomic mass is 10.1. The average molecular weight is 475 g/mol. The van der Waals surface area contributed by atoms with Crippen molar-refractivity contribution in [2.45, 2.75) is 23.7 Å². The number of anilines is 1. The number of sulfonamides is 1. The lowest BCUT2D eigenvalue weighted by Gasteiger charge is -2.16. The number of halogens is 1. The SMILES string of the molecule is COC(=O)c1ccc(C2CC2)c(S(=O)(=O)Nc2cc(Br)ccc2-n2cccc2)c1. The Morgan fingerprint density at radius 1 is 1.14 bits per heavy atom. The van der Waals surface area contributed by atoms with Crippen LogP contribution in [0.4, 0.5) is 5.69 Å². The fraction of sp³-hybridized carbons (Fsp3) is 0.190. The van der Waals surface area contributed by atoms with E-state index in [9.17, 15) is 13.2 Å². The first-order chi connectivity index (χ1) is 13.9. The summed E-state index contributed by atoms with van der Waals surface area (Å²) in [6.45, 7) is 0. The number of nitrogens with zero attached hydrogens (tertiary/aromatic N) is 1. The molecule has 1 N–H and O–H groups in total. The Morgan fingerprint density at radius 2 is 1.86 bits per heavy atom. The minimum Gasteiger partial charge on any atom is -0.465 e. The maximum Gasteiger partial charge on any atom is 0.337 e. The fourth-order valence-corrected chi connectivity index (χ4v) is 5.00. The molecule has 150 valence electrons. The van der Waals surface area contributed by atoms with Gasteiger partial charge in [0.05, 0.1) is 28.9 Å². The van der Waals surface area contributed by atoms with Crippen molar-refractivity contribution in [2.75, 3.05) is 11.8 Å². The summed E-state index contributed by atoms with van der Waals surface area (Å²) in [7, 11) is -2.66. The van der Waals surface area contributed by atoms with Gasteiger partial charge in [0, 0.05) is 16.9 Å². The molecule has 0 unspecified atom stereocenters. The molecule has 1 aliphatic rings. The minimum absolute atomic E-state index is 0.112. The largest absolute Gasteiger partial charge is 0.465 e. The molecule has 1 fully saturated rings. The Balaban J connectivity index is 1.79. The molecule has 3 aromatic rings. The number of hydrogen-bond donors (Lipinski definition) is 1. The molecule has 2 aromatic carbocycles. The third kappa shape index (κ3) is 4.09. The monoisotopic (exact) mass is 474 g/mol. The van der Waals surface area contributed by atoms with Crippen LogP contribution >= 0.6 is 15.9 Å². The maximum atomic E-state index is 13.4. The zero-order chi connectivity index (χ0) is 20.6. The molecule has 0 spiro atoms. The summed E-state index contributed by atoms with van der Waals surface area (Å²) < 4.78 is 36.8. The van der Waals surface area contributed by atoms with Crippen LogP contribution in [0.2, 0.25) is 0 Å². The van der Waals surface area contributed by atoms with Gasteiger partial charge >= 0.3 is 5.97 Å². The van der Waals surface area contributed by atoms with Crippen molar-refractivity contribution in [3.63, 3.8) is 0 Å². The van der Waals surface area contributed by atoms with Crippen molar-refractivity contribution in [1.29, 1.82) is 0 Å². The highest BCUT2D eigenvalue weighted by atomic mass is 79.9. The summed E-state index contributed by atoms with van der Waals surface area (Å²) in [5, 5.41) is 0. The van der Waals surface area contributed by atoms with Gasteiger partial charge in [0.25, 0.3) is 10.0 Å². The fourth-order valence-electron chi connectivity index (χ4n) is 3.25. The van der Waals surface area contributed by atoms with Crippen molar-refractivity contribution in [3.05, 3.63) is 76.5 Å². The first kappa shape index (κ1) is 19.7. The lowest BCUT2D eigenvalue weighted by Crippen LogP contribution is -2.17. The smallest absolute Gasteiger partial charge is 0.337 e. The molecular formula is C21H19BrN2O4S. The summed E-state index contributed by atoms with van der Waals surface area (Å²) in [5.74, 6) is -0.376. The van der Waals surface area contributed by atoms with E-state index >= 15 is 0 Å². The number of rotatable bonds is 6. The Bertz CT molecular complexity index is 1170. The van der Waals surface area contributed by atoms with Gasteiger partial charge in [-0.2, -0.15) is 0 Å². The molecule has 0 atom stereocenters. The standard InChI is InChI=1S/C21H19BrN2O4S/c1-28-21(25)15-6-8-17(14-4-5-14)20(12-15)29(26,27)23-18-13-16(22)7-9-19(18)24-10-2-3-11-24/h2-3,6-14,23H,4-5H2,1H3. The van der Waals surface area contributed by atoms with Crippen molar-refractivity contribution in [3.8, 4) is 5.69 Å². The summed E-state index contributed by atoms with van der Waals surface area (Å²) in [6.07, 6.45) is 5.56. The predicted octanol–water partition coefficient (Wildman–Crippen LogP) is 4.70. The molecule has 1 aromatic heterocycles. The molecule has 4 rings (SSSR count). The minimum atomic E-state index is -3.94. The van der Waals surface area contributed by atoms with Crippen LogP contribution in [-0.2, 0) is 14.8 Å². The Morgan fingerprint density at radius 3 is 2.52 bits per heavy atom. The van der Waals surface area contributed by atoms with E-state index < -0.39 is 16.0 Å². The van der Waals surface area contributed by atoms with Crippen molar-refractivity contribution < 1.29 is 17.9 Å². The average Bonchev–Trinajstić information content (AvgIpc) is 3.41. The van der Waals surface area contributed by atoms with E-state index in [1.807, 2.05) is 41.2 Å². The maximum absolute atomic E-state index is 13.4. The van der Waals surface area contributed by atoms with E-state index in [-0.39, 0.29) is 16.4 Å². The molecule has 29 heavy (non-hydrogen) atoms. The highest BCUT2D eigenvalue weighted by Gasteiger charge is 2.31. The van der Waals surface area contributed by atoms with Crippen LogP contribution in [0.3, 0.4) is 0 Å². The molecule has 0 bridgehead atoms. The van der Waals surface area contributed by atoms with Crippen molar-refractivity contribution in [2.24, 2.45) is 0 Å². The molecule has 6 nitrogen and oxygen atoms in total. The van der Waals surface area contributed by atoms with Gasteiger partial charge in [0.2, 0.25) is 0 Å². The zero-order valence-corrected chi connectivity index (χ0v) is 18.0. The van der Waals surface area contributed by atoms with E-state index in [0.717, 1.165) is 22.9 Å². The molecule has 8 heteroatoms. The van der Waals surface area contributed by atoms with Gasteiger partial charge < -0.3 is 9.30 Å². The Labute approximate surface area is 177 Å². The van der Waals surface area contributed by atoms with E-state index in [1.165, 1.54) is 13.2 Å². The van der Waals surface area contributed by atoms with E-state index in [2.05, 4.69) is 20.7 Å². The molecule has 1 heterocycles. The van der Waals surface area contributed by atoms with Gasteiger partial charge in [-0.15, -0.1) is 0 Å². The number of benzene rings is 2. The number of carbonyl (C=O) groups is 1. The molecule has 0 amide bonds. The quantitative estimate of drug-likeness (QED) is 0.525. The summed E-state index contributed by atoms with van der Waals surface area (Å²) in [4.78, 5) is 12.1. The molecule has 1 saturated carbocycles. The van der Waals surface area contributed by atoms with Crippen LogP contribution in [0.1, 0.15) is 34.7 Å². The van der Waals surface area contributed by atoms with Crippen LogP contribution in [0.15, 0.2) is 70.3 Å². The number of hydrogen-bond acceptors (Lipinski definition) is 4. The normalized spacial score (nSPS) is 13.9. The third-order valence-corrected chi connectivity index (χ3v) is 6.74. The number of aromatic nitrogens is 1. The van der Waals surface area contributed by atoms with Crippen LogP contribution < -0.4 is 4.72 Å². The van der Waals surface area contributed by atoms with Crippen molar-refractivity contribution >= 4 is 37.6 Å². The number of carbonyl (C=O) groups excluding carboxylic acids is 1. The van der Waals surface area contributed by atoms with Gasteiger partial charge in [0.15, 0.2) is 0 Å². The van der Waals surface area contributed by atoms with Crippen LogP contribution in [0.5, 0.6) is 0 Å². The van der Waals surface area contributed by atoms with E-state index in [0.29, 0.717) is 11.4 Å². The van der Waals surface area contributed by atoms with Gasteiger partial charge in [-0.25, -0.2) is 13.2 Å². The number of methoxy groups -OCH3 is 1. The Hall–Kier alpha value is -2.58. The van der Waals surface area contributed by atoms with Gasteiger partial charge in [-0.1, -0.05) is 22.0 Å². The molecular weight excluding hydrogens is 456 g/mol. The number of nitrogens with one attached hydrogen (secondary N) is 1. The first-order valence-corrected chi connectivity index (χ1v) is 11.3. The van der Waals surface area contributed by atoms with E-state index in [4.69, 9.17) is 4.74 Å². The molecule has 0 aliphatic heterocycles. The molecule has 1 aliphatic carbocycles. The lowest BCUT2D eigenvalue weighted by molar-refractivity contribution is 0.0600. The van der Waals surface area contributed by atoms with Crippen LogP contribution in [-0.4, -0.2) is 26.1 Å². The van der Waals surface area contributed by atoms with Crippen LogP contribution in [0.25, 0.3) is 5.69 Å². The first-order valence-electron chi connectivity index (χ1n) is 9.07. The number of ether oxygens (including phenoxy) is 1. The number of esters is 1. The third-order valence-electron chi connectivity index (χ3n) is 4.83. The van der Waals surface area contributed by atoms with Crippen LogP contribution in [0, 0.1) is 0 Å². The van der Waals surface area contributed by atoms with Gasteiger partial charge in [-0.05, 0) is 66.8 Å². The summed E-state index contributed by atoms with van der Waals surface area (Å²) in [5.41, 5.74) is 2.06. The second-order valence-corrected chi connectivity index (χ2v) is 9.44. The van der Waals surface area contributed by atoms with Crippen molar-refractivity contribution in [1.82, 2.24) is 4.57 Å². The molecule has 0 saturated heterocycles. The Kier molecular flexibility index (Phi) is 5.23. The van der Waals surface area contributed by atoms with E-state index in [1.54, 1.807) is 18.2 Å². The second-order valence-electron chi connectivity index (χ2n) is 6.88. The molecule has 0 radical (unpaired) electrons. The highest BCUT2D eigenvalue weighted by Crippen LogP contribution is 2.43. The summed E-state index contributed by atoms with van der Waals surface area (Å²) in [6, 6.07) is 13.9. The predicted molar refractivity (Wildman–Crippen MR) is 114 cm³/mol. The zero-order valence-electron chi connectivity index (χ0n) is 15.6. The highest BCUT2D eigenvalue weighted by molar-refractivity contribution is 9.10. The summed E-state index contributed by atoms with van der Waals surface area (Å²) >= 11 is 3.41. The second kappa shape index (κ2) is 7.68. The van der Waals surface area contributed by atoms with Gasteiger partial charge in [0.1, 0.15) is 0 Å².